The minimum atomic E-state index is -1.29. The first kappa shape index (κ1) is 11.2. The van der Waals surface area contributed by atoms with Gasteiger partial charge in [-0.15, -0.1) is 0 Å². The maximum Gasteiger partial charge on any atom is 0.337 e. The van der Waals surface area contributed by atoms with E-state index in [-0.39, 0.29) is 0 Å². The van der Waals surface area contributed by atoms with Crippen LogP contribution in [0.1, 0.15) is 0 Å². The van der Waals surface area contributed by atoms with Gasteiger partial charge in [0.2, 0.25) is 4.84 Å². The van der Waals surface area contributed by atoms with Crippen molar-refractivity contribution < 1.29 is 9.90 Å². The molecule has 1 rings (SSSR count). The first-order valence-corrected chi connectivity index (χ1v) is 3.88. The average molecular weight is 208 g/mol. The summed E-state index contributed by atoms with van der Waals surface area (Å²) in [7, 11) is 0. The molecule has 12 heavy (non-hydrogen) atoms. The van der Waals surface area contributed by atoms with Gasteiger partial charge in [0.1, 0.15) is 0 Å². The van der Waals surface area contributed by atoms with E-state index in [1.165, 1.54) is 0 Å². The Bertz CT molecular complexity index is 189. The molecular formula is C7H7Cl2NO2. The second-order valence-corrected chi connectivity index (χ2v) is 2.76. The van der Waals surface area contributed by atoms with Crippen LogP contribution in [0.3, 0.4) is 0 Å². The molecule has 0 aliphatic heterocycles. The molecule has 0 saturated heterocycles. The lowest BCUT2D eigenvalue weighted by atomic mass is 10.5. The zero-order valence-corrected chi connectivity index (χ0v) is 7.53. The van der Waals surface area contributed by atoms with E-state index >= 15 is 0 Å². The van der Waals surface area contributed by atoms with Gasteiger partial charge in [-0.2, -0.15) is 0 Å². The lowest BCUT2D eigenvalue weighted by Gasteiger charge is -1.84. The number of alkyl halides is 2. The molecule has 5 heteroatoms. The molecule has 0 amide bonds. The lowest BCUT2D eigenvalue weighted by Crippen LogP contribution is -2.03. The molecule has 0 aliphatic carbocycles. The summed E-state index contributed by atoms with van der Waals surface area (Å²) in [5, 5.41) is 7.73. The standard InChI is InChI=1S/C5H5N.C2H2Cl2O2/c1-2-4-6-5-3-1;3-1(4)2(5)6/h1-5H;1H,(H,5,6). The van der Waals surface area contributed by atoms with E-state index in [1.807, 2.05) is 18.2 Å². The molecule has 0 unspecified atom stereocenters. The van der Waals surface area contributed by atoms with Crippen molar-refractivity contribution in [3.63, 3.8) is 0 Å². The van der Waals surface area contributed by atoms with Gasteiger partial charge in [0, 0.05) is 12.4 Å². The van der Waals surface area contributed by atoms with Gasteiger partial charge in [0.15, 0.2) is 0 Å². The Morgan fingerprint density at radius 1 is 1.25 bits per heavy atom. The number of rotatable bonds is 1. The van der Waals surface area contributed by atoms with E-state index in [0.29, 0.717) is 0 Å². The predicted octanol–water partition coefficient (Wildman–Crippen LogP) is 1.96. The van der Waals surface area contributed by atoms with Gasteiger partial charge in [-0.1, -0.05) is 29.3 Å². The minimum Gasteiger partial charge on any atom is -0.479 e. The van der Waals surface area contributed by atoms with Crippen LogP contribution in [0.15, 0.2) is 30.6 Å². The Hall–Kier alpha value is -0.800. The fourth-order valence-corrected chi connectivity index (χ4v) is 0.313. The molecular weight excluding hydrogens is 201 g/mol. The molecule has 0 aliphatic rings. The Morgan fingerprint density at radius 3 is 1.75 bits per heavy atom. The van der Waals surface area contributed by atoms with E-state index < -0.39 is 10.8 Å². The van der Waals surface area contributed by atoms with Crippen LogP contribution in [-0.2, 0) is 4.79 Å². The van der Waals surface area contributed by atoms with Crippen LogP contribution in [0, 0.1) is 0 Å². The third-order valence-electron chi connectivity index (χ3n) is 0.753. The molecule has 0 saturated carbocycles. The summed E-state index contributed by atoms with van der Waals surface area (Å²) in [6.07, 6.45) is 3.50. The van der Waals surface area contributed by atoms with Gasteiger partial charge in [-0.25, -0.2) is 4.79 Å². The molecule has 1 N–H and O–H groups in total. The lowest BCUT2D eigenvalue weighted by molar-refractivity contribution is -0.135. The molecule has 3 nitrogen and oxygen atoms in total. The van der Waals surface area contributed by atoms with Crippen molar-refractivity contribution in [3.8, 4) is 0 Å². The molecule has 0 radical (unpaired) electrons. The Kier molecular flexibility index (Phi) is 6.42. The number of hydrogen-bond donors (Lipinski definition) is 1. The Morgan fingerprint density at radius 2 is 1.67 bits per heavy atom. The number of carboxylic acid groups (broad SMARTS) is 1. The third-order valence-corrected chi connectivity index (χ3v) is 1.13. The van der Waals surface area contributed by atoms with Crippen molar-refractivity contribution in [1.82, 2.24) is 4.98 Å². The van der Waals surface area contributed by atoms with Crippen molar-refractivity contribution in [1.29, 1.82) is 0 Å². The summed E-state index contributed by atoms with van der Waals surface area (Å²) >= 11 is 9.56. The van der Waals surface area contributed by atoms with E-state index in [0.717, 1.165) is 0 Å². The third kappa shape index (κ3) is 7.31. The van der Waals surface area contributed by atoms with Crippen molar-refractivity contribution in [2.24, 2.45) is 0 Å². The summed E-state index contributed by atoms with van der Waals surface area (Å²) in [6.45, 7) is 0. The first-order chi connectivity index (χ1) is 5.64. The number of carbonyl (C=O) groups is 1. The van der Waals surface area contributed by atoms with Gasteiger partial charge in [-0.3, -0.25) is 4.98 Å². The zero-order chi connectivity index (χ0) is 9.40. The summed E-state index contributed by atoms with van der Waals surface area (Å²) in [6, 6.07) is 5.72. The quantitative estimate of drug-likeness (QED) is 0.717. The summed E-state index contributed by atoms with van der Waals surface area (Å²) in [4.78, 5) is 11.9. The van der Waals surface area contributed by atoms with Crippen molar-refractivity contribution >= 4 is 29.2 Å². The molecule has 0 aromatic carbocycles. The fourth-order valence-electron chi connectivity index (χ4n) is 0.313. The highest BCUT2D eigenvalue weighted by Gasteiger charge is 2.05. The highest BCUT2D eigenvalue weighted by Crippen LogP contribution is 1.98. The highest BCUT2D eigenvalue weighted by atomic mass is 35.5. The van der Waals surface area contributed by atoms with E-state index in [1.54, 1.807) is 12.4 Å². The number of hydrogen-bond acceptors (Lipinski definition) is 2. The number of aromatic nitrogens is 1. The Balaban J connectivity index is 0.000000202. The van der Waals surface area contributed by atoms with Crippen LogP contribution in [0.4, 0.5) is 0 Å². The number of aliphatic carboxylic acids is 1. The van der Waals surface area contributed by atoms with Gasteiger partial charge >= 0.3 is 5.97 Å². The molecule has 66 valence electrons. The van der Waals surface area contributed by atoms with Crippen molar-refractivity contribution in [3.05, 3.63) is 30.6 Å². The summed E-state index contributed by atoms with van der Waals surface area (Å²) in [5.41, 5.74) is 0. The largest absolute Gasteiger partial charge is 0.479 e. The molecule has 0 fully saturated rings. The second kappa shape index (κ2) is 6.88. The molecule has 0 bridgehead atoms. The van der Waals surface area contributed by atoms with Crippen LogP contribution < -0.4 is 0 Å². The normalized spacial score (nSPS) is 8.58. The number of nitrogens with zero attached hydrogens (tertiary/aromatic N) is 1. The molecule has 1 aromatic heterocycles. The van der Waals surface area contributed by atoms with Crippen molar-refractivity contribution in [2.75, 3.05) is 0 Å². The molecule has 0 spiro atoms. The van der Waals surface area contributed by atoms with E-state index in [4.69, 9.17) is 28.3 Å². The first-order valence-electron chi connectivity index (χ1n) is 3.00. The number of carboxylic acids is 1. The van der Waals surface area contributed by atoms with Crippen molar-refractivity contribution in [2.45, 2.75) is 4.84 Å². The summed E-state index contributed by atoms with van der Waals surface area (Å²) < 4.78 is 0. The van der Waals surface area contributed by atoms with Crippen LogP contribution in [0.25, 0.3) is 0 Å². The van der Waals surface area contributed by atoms with Crippen LogP contribution in [-0.4, -0.2) is 20.9 Å². The monoisotopic (exact) mass is 207 g/mol. The average Bonchev–Trinajstić information content (AvgIpc) is 2.08. The maximum absolute atomic E-state index is 9.44. The minimum absolute atomic E-state index is 1.21. The topological polar surface area (TPSA) is 50.2 Å². The van der Waals surface area contributed by atoms with E-state index in [9.17, 15) is 4.79 Å². The smallest absolute Gasteiger partial charge is 0.337 e. The van der Waals surface area contributed by atoms with Crippen LogP contribution in [0.2, 0.25) is 0 Å². The SMILES string of the molecule is O=C(O)C(Cl)Cl.c1ccncc1. The summed E-state index contributed by atoms with van der Waals surface area (Å²) in [5.74, 6) is -1.21. The van der Waals surface area contributed by atoms with Gasteiger partial charge < -0.3 is 5.11 Å². The number of pyridine rings is 1. The van der Waals surface area contributed by atoms with E-state index in [2.05, 4.69) is 4.98 Å². The fraction of sp³-hybridized carbons (Fsp3) is 0.143. The predicted molar refractivity (Wildman–Crippen MR) is 47.4 cm³/mol. The van der Waals surface area contributed by atoms with Crippen LogP contribution in [0.5, 0.6) is 0 Å². The highest BCUT2D eigenvalue weighted by molar-refractivity contribution is 6.52. The van der Waals surface area contributed by atoms with Crippen LogP contribution >= 0.6 is 23.2 Å². The Labute approximate surface area is 79.9 Å². The maximum atomic E-state index is 9.44. The molecule has 1 aromatic rings. The number of halogens is 2. The zero-order valence-electron chi connectivity index (χ0n) is 6.02. The van der Waals surface area contributed by atoms with Gasteiger partial charge in [-0.05, 0) is 12.1 Å². The van der Waals surface area contributed by atoms with Gasteiger partial charge in [0.05, 0.1) is 0 Å². The molecule has 1 heterocycles. The van der Waals surface area contributed by atoms with Gasteiger partial charge in [0.25, 0.3) is 0 Å². The molecule has 0 atom stereocenters. The second-order valence-electron chi connectivity index (χ2n) is 1.66.